The summed E-state index contributed by atoms with van der Waals surface area (Å²) in [6, 6.07) is 15.3. The Kier molecular flexibility index (Phi) is 4.02. The van der Waals surface area contributed by atoms with Crippen LogP contribution in [-0.4, -0.2) is 24.4 Å². The topological polar surface area (TPSA) is 47.1 Å². The average Bonchev–Trinajstić information content (AvgIpc) is 2.96. The number of hydrogen-bond donors (Lipinski definition) is 1. The fourth-order valence-electron chi connectivity index (χ4n) is 2.22. The molecule has 2 aromatic carbocycles. The normalized spacial score (nSPS) is 10.5. The second kappa shape index (κ2) is 6.12. The molecule has 1 aromatic heterocycles. The molecule has 22 heavy (non-hydrogen) atoms. The summed E-state index contributed by atoms with van der Waals surface area (Å²) in [6.07, 6.45) is 0. The van der Waals surface area contributed by atoms with E-state index in [1.165, 1.54) is 0 Å². The van der Waals surface area contributed by atoms with Gasteiger partial charge in [-0.3, -0.25) is 5.10 Å². The first kappa shape index (κ1) is 14.5. The van der Waals surface area contributed by atoms with Crippen LogP contribution in [0.1, 0.15) is 0 Å². The average molecular weight is 315 g/mol. The van der Waals surface area contributed by atoms with Crippen LogP contribution in [0.3, 0.4) is 0 Å². The number of ether oxygens (including phenoxy) is 2. The van der Waals surface area contributed by atoms with E-state index >= 15 is 0 Å². The Morgan fingerprint density at radius 1 is 0.818 bits per heavy atom. The maximum Gasteiger partial charge on any atom is 0.118 e. The predicted molar refractivity (Wildman–Crippen MR) is 87.6 cm³/mol. The molecule has 0 unspecified atom stereocenters. The zero-order valence-electron chi connectivity index (χ0n) is 12.3. The van der Waals surface area contributed by atoms with Crippen LogP contribution in [0.5, 0.6) is 11.5 Å². The summed E-state index contributed by atoms with van der Waals surface area (Å²) in [7, 11) is 3.28. The predicted octanol–water partition coefficient (Wildman–Crippen LogP) is 4.41. The van der Waals surface area contributed by atoms with Crippen molar-refractivity contribution in [2.24, 2.45) is 0 Å². The quantitative estimate of drug-likeness (QED) is 0.775. The Bertz CT molecular complexity index is 699. The van der Waals surface area contributed by atoms with Crippen molar-refractivity contribution in [3.05, 3.63) is 53.6 Å². The first-order valence-corrected chi connectivity index (χ1v) is 7.13. The second-order valence-electron chi connectivity index (χ2n) is 4.72. The number of benzene rings is 2. The standard InChI is InChI=1S/C17H15ClN2O2/c1-21-13-7-3-11(4-8-13)16-15(18)17(20-19-16)12-5-9-14(22-2)10-6-12/h3-10H,1-2H3,(H,19,20). The molecular formula is C17H15ClN2O2. The van der Waals surface area contributed by atoms with Gasteiger partial charge in [-0.1, -0.05) is 11.6 Å². The number of nitrogens with zero attached hydrogens (tertiary/aromatic N) is 1. The van der Waals surface area contributed by atoms with Crippen molar-refractivity contribution in [1.29, 1.82) is 0 Å². The molecule has 0 aliphatic heterocycles. The molecule has 0 saturated heterocycles. The molecule has 3 rings (SSSR count). The molecule has 0 atom stereocenters. The highest BCUT2D eigenvalue weighted by molar-refractivity contribution is 6.35. The summed E-state index contributed by atoms with van der Waals surface area (Å²) >= 11 is 6.48. The van der Waals surface area contributed by atoms with Crippen LogP contribution in [-0.2, 0) is 0 Å². The minimum Gasteiger partial charge on any atom is -0.497 e. The molecule has 0 bridgehead atoms. The summed E-state index contributed by atoms with van der Waals surface area (Å²) in [4.78, 5) is 0. The molecule has 0 saturated carbocycles. The van der Waals surface area contributed by atoms with Gasteiger partial charge in [0, 0.05) is 11.1 Å². The Hall–Kier alpha value is -2.46. The van der Waals surface area contributed by atoms with Crippen LogP contribution in [0.15, 0.2) is 48.5 Å². The highest BCUT2D eigenvalue weighted by Gasteiger charge is 2.14. The Morgan fingerprint density at radius 3 is 1.82 bits per heavy atom. The third-order valence-corrected chi connectivity index (χ3v) is 3.82. The van der Waals surface area contributed by atoms with Crippen LogP contribution in [0.2, 0.25) is 5.02 Å². The van der Waals surface area contributed by atoms with E-state index in [4.69, 9.17) is 21.1 Å². The molecule has 112 valence electrons. The van der Waals surface area contributed by atoms with Gasteiger partial charge in [-0.05, 0) is 48.5 Å². The molecule has 5 heteroatoms. The summed E-state index contributed by atoms with van der Waals surface area (Å²) in [6.45, 7) is 0. The first-order valence-electron chi connectivity index (χ1n) is 6.75. The van der Waals surface area contributed by atoms with Gasteiger partial charge < -0.3 is 9.47 Å². The maximum absolute atomic E-state index is 6.48. The van der Waals surface area contributed by atoms with Gasteiger partial charge in [0.2, 0.25) is 0 Å². The van der Waals surface area contributed by atoms with Crippen molar-refractivity contribution in [2.75, 3.05) is 14.2 Å². The molecule has 0 radical (unpaired) electrons. The van der Waals surface area contributed by atoms with Crippen molar-refractivity contribution >= 4 is 11.6 Å². The summed E-state index contributed by atoms with van der Waals surface area (Å²) < 4.78 is 10.3. The van der Waals surface area contributed by atoms with Gasteiger partial charge in [-0.15, -0.1) is 0 Å². The van der Waals surface area contributed by atoms with Gasteiger partial charge in [0.15, 0.2) is 0 Å². The van der Waals surface area contributed by atoms with E-state index in [-0.39, 0.29) is 0 Å². The van der Waals surface area contributed by atoms with Crippen LogP contribution in [0.4, 0.5) is 0 Å². The van der Waals surface area contributed by atoms with E-state index in [2.05, 4.69) is 10.2 Å². The summed E-state index contributed by atoms with van der Waals surface area (Å²) in [5, 5.41) is 7.93. The van der Waals surface area contributed by atoms with Crippen LogP contribution in [0, 0.1) is 0 Å². The third-order valence-electron chi connectivity index (χ3n) is 3.45. The molecular weight excluding hydrogens is 300 g/mol. The molecule has 0 aliphatic carbocycles. The zero-order valence-corrected chi connectivity index (χ0v) is 13.0. The fourth-order valence-corrected chi connectivity index (χ4v) is 2.52. The SMILES string of the molecule is COc1ccc(-c2n[nH]c(-c3ccc(OC)cc3)c2Cl)cc1. The van der Waals surface area contributed by atoms with E-state index in [1.807, 2.05) is 48.5 Å². The molecule has 1 heterocycles. The van der Waals surface area contributed by atoms with Gasteiger partial charge in [0.05, 0.1) is 24.9 Å². The van der Waals surface area contributed by atoms with E-state index in [0.29, 0.717) is 5.02 Å². The minimum absolute atomic E-state index is 0.593. The Balaban J connectivity index is 1.96. The van der Waals surface area contributed by atoms with Gasteiger partial charge in [-0.25, -0.2) is 0 Å². The van der Waals surface area contributed by atoms with Crippen LogP contribution in [0.25, 0.3) is 22.5 Å². The van der Waals surface area contributed by atoms with E-state index < -0.39 is 0 Å². The highest BCUT2D eigenvalue weighted by Crippen LogP contribution is 2.35. The lowest BCUT2D eigenvalue weighted by Crippen LogP contribution is -1.83. The lowest BCUT2D eigenvalue weighted by molar-refractivity contribution is 0.415. The first-order chi connectivity index (χ1) is 10.7. The summed E-state index contributed by atoms with van der Waals surface area (Å²) in [5.74, 6) is 1.60. The largest absolute Gasteiger partial charge is 0.497 e. The van der Waals surface area contributed by atoms with Crippen molar-refractivity contribution < 1.29 is 9.47 Å². The van der Waals surface area contributed by atoms with E-state index in [1.54, 1.807) is 14.2 Å². The summed E-state index contributed by atoms with van der Waals surface area (Å²) in [5.41, 5.74) is 3.39. The molecule has 4 nitrogen and oxygen atoms in total. The minimum atomic E-state index is 0.593. The molecule has 0 aliphatic rings. The third kappa shape index (κ3) is 2.65. The number of methoxy groups -OCH3 is 2. The fraction of sp³-hybridized carbons (Fsp3) is 0.118. The number of H-pyrrole nitrogens is 1. The molecule has 0 fully saturated rings. The number of hydrogen-bond acceptors (Lipinski definition) is 3. The number of rotatable bonds is 4. The van der Waals surface area contributed by atoms with Crippen molar-refractivity contribution in [2.45, 2.75) is 0 Å². The van der Waals surface area contributed by atoms with Crippen LogP contribution < -0.4 is 9.47 Å². The van der Waals surface area contributed by atoms with Crippen molar-refractivity contribution in [3.8, 4) is 34.0 Å². The number of aromatic nitrogens is 2. The molecule has 0 amide bonds. The molecule has 3 aromatic rings. The highest BCUT2D eigenvalue weighted by atomic mass is 35.5. The van der Waals surface area contributed by atoms with Gasteiger partial charge in [0.1, 0.15) is 17.2 Å². The van der Waals surface area contributed by atoms with E-state index in [0.717, 1.165) is 34.0 Å². The van der Waals surface area contributed by atoms with Gasteiger partial charge >= 0.3 is 0 Å². The van der Waals surface area contributed by atoms with E-state index in [9.17, 15) is 0 Å². The lowest BCUT2D eigenvalue weighted by atomic mass is 10.1. The Morgan fingerprint density at radius 2 is 1.32 bits per heavy atom. The maximum atomic E-state index is 6.48. The monoisotopic (exact) mass is 314 g/mol. The van der Waals surface area contributed by atoms with Crippen LogP contribution >= 0.6 is 11.6 Å². The van der Waals surface area contributed by atoms with Crippen molar-refractivity contribution in [1.82, 2.24) is 10.2 Å². The number of nitrogens with one attached hydrogen (secondary N) is 1. The Labute approximate surface area is 133 Å². The zero-order chi connectivity index (χ0) is 15.5. The number of aromatic amines is 1. The smallest absolute Gasteiger partial charge is 0.118 e. The van der Waals surface area contributed by atoms with Crippen molar-refractivity contribution in [3.63, 3.8) is 0 Å². The lowest BCUT2D eigenvalue weighted by Gasteiger charge is -2.03. The molecule has 0 spiro atoms. The molecule has 1 N–H and O–H groups in total. The van der Waals surface area contributed by atoms with Gasteiger partial charge in [-0.2, -0.15) is 5.10 Å². The second-order valence-corrected chi connectivity index (χ2v) is 5.10. The number of halogens is 1. The van der Waals surface area contributed by atoms with Gasteiger partial charge in [0.25, 0.3) is 0 Å².